The van der Waals surface area contributed by atoms with Crippen LogP contribution in [0.1, 0.15) is 82.3 Å². The van der Waals surface area contributed by atoms with Gasteiger partial charge in [0.25, 0.3) is 5.79 Å². The van der Waals surface area contributed by atoms with E-state index in [9.17, 15) is 9.90 Å². The molecule has 164 valence electrons. The van der Waals surface area contributed by atoms with E-state index in [-0.39, 0.29) is 11.3 Å². The largest absolute Gasteiger partial charge is 0.509 e. The van der Waals surface area contributed by atoms with Gasteiger partial charge in [0.2, 0.25) is 0 Å². The Morgan fingerprint density at radius 3 is 2.73 bits per heavy atom. The molecule has 30 heavy (non-hydrogen) atoms. The maximum atomic E-state index is 11.5. The molecule has 4 aliphatic rings. The molecule has 4 atom stereocenters. The molecule has 5 rings (SSSR count). The number of benzene rings is 1. The molecule has 3 aliphatic carbocycles. The lowest BCUT2D eigenvalue weighted by atomic mass is 9.53. The standard InChI is InChI=1S/C25H35NO4/c1-24(30-23(27)28,18-7-3-2-4-8-18)29-19-11-10-17-15-22-20-9-5-6-12-25(20,13-14-26-22)21(17)16-19/h10-11,16,18,20,22,26H,2-9,12-15H2,1H3,(H,27,28)/t20-,22+,24?,25+/m0/s1. The second-order valence-electron chi connectivity index (χ2n) is 10.2. The molecular formula is C25H35NO4. The Hall–Kier alpha value is -1.75. The molecule has 5 heteroatoms. The van der Waals surface area contributed by atoms with Crippen molar-refractivity contribution in [3.8, 4) is 5.75 Å². The van der Waals surface area contributed by atoms with E-state index in [0.29, 0.717) is 12.0 Å². The summed E-state index contributed by atoms with van der Waals surface area (Å²) in [6.07, 6.45) is 11.6. The first-order valence-corrected chi connectivity index (χ1v) is 12.0. The number of piperidine rings is 1. The van der Waals surface area contributed by atoms with E-state index in [4.69, 9.17) is 9.47 Å². The van der Waals surface area contributed by atoms with Crippen molar-refractivity contribution < 1.29 is 19.4 Å². The van der Waals surface area contributed by atoms with Crippen molar-refractivity contribution in [3.63, 3.8) is 0 Å². The minimum absolute atomic E-state index is 0.0993. The van der Waals surface area contributed by atoms with E-state index in [1.165, 1.54) is 49.7 Å². The van der Waals surface area contributed by atoms with Crippen LogP contribution in [0.2, 0.25) is 0 Å². The lowest BCUT2D eigenvalue weighted by Gasteiger charge is -2.56. The van der Waals surface area contributed by atoms with Crippen molar-refractivity contribution in [3.05, 3.63) is 29.3 Å². The quantitative estimate of drug-likeness (QED) is 0.511. The van der Waals surface area contributed by atoms with Crippen molar-refractivity contribution in [2.75, 3.05) is 6.54 Å². The zero-order valence-corrected chi connectivity index (χ0v) is 18.1. The van der Waals surface area contributed by atoms with Crippen LogP contribution in [-0.4, -0.2) is 29.6 Å². The minimum atomic E-state index is -1.26. The zero-order chi connectivity index (χ0) is 20.8. The number of carboxylic acid groups (broad SMARTS) is 1. The van der Waals surface area contributed by atoms with Gasteiger partial charge in [-0.1, -0.05) is 38.2 Å². The predicted octanol–water partition coefficient (Wildman–Crippen LogP) is 5.40. The second-order valence-corrected chi connectivity index (χ2v) is 10.2. The van der Waals surface area contributed by atoms with Crippen molar-refractivity contribution in [2.24, 2.45) is 11.8 Å². The van der Waals surface area contributed by atoms with E-state index in [1.54, 1.807) is 0 Å². The molecule has 1 saturated heterocycles. The van der Waals surface area contributed by atoms with Crippen molar-refractivity contribution in [1.82, 2.24) is 5.32 Å². The van der Waals surface area contributed by atoms with Crippen molar-refractivity contribution >= 4 is 6.16 Å². The van der Waals surface area contributed by atoms with Gasteiger partial charge in [0.1, 0.15) is 5.75 Å². The van der Waals surface area contributed by atoms with E-state index in [0.717, 1.165) is 44.4 Å². The molecule has 2 N–H and O–H groups in total. The van der Waals surface area contributed by atoms with Crippen LogP contribution in [0.25, 0.3) is 0 Å². The lowest BCUT2D eigenvalue weighted by Crippen LogP contribution is -2.59. The smallest absolute Gasteiger partial charge is 0.452 e. The van der Waals surface area contributed by atoms with Gasteiger partial charge < -0.3 is 19.9 Å². The molecule has 0 spiro atoms. The Morgan fingerprint density at radius 1 is 1.13 bits per heavy atom. The van der Waals surface area contributed by atoms with Gasteiger partial charge in [0.05, 0.1) is 0 Å². The summed E-state index contributed by atoms with van der Waals surface area (Å²) in [5.74, 6) is 0.443. The lowest BCUT2D eigenvalue weighted by molar-refractivity contribution is -0.181. The average Bonchev–Trinajstić information content (AvgIpc) is 2.74. The Balaban J connectivity index is 1.48. The van der Waals surface area contributed by atoms with Gasteiger partial charge in [-0.25, -0.2) is 4.79 Å². The van der Waals surface area contributed by atoms with Gasteiger partial charge in [-0.15, -0.1) is 0 Å². The number of fused-ring (bicyclic) bond motifs is 1. The van der Waals surface area contributed by atoms with Crippen molar-refractivity contribution in [2.45, 2.75) is 94.8 Å². The van der Waals surface area contributed by atoms with Crippen LogP contribution < -0.4 is 10.1 Å². The summed E-state index contributed by atoms with van der Waals surface area (Å²) in [6.45, 7) is 2.91. The Bertz CT molecular complexity index is 800. The molecule has 1 aromatic rings. The van der Waals surface area contributed by atoms with Crippen LogP contribution in [0, 0.1) is 11.8 Å². The predicted molar refractivity (Wildman–Crippen MR) is 115 cm³/mol. The SMILES string of the molecule is CC(OC(=O)O)(Oc1ccc2c(c1)[C@@]13CCCC[C@H]1[C@@H](C2)NCC3)C1CCCCC1. The molecular weight excluding hydrogens is 378 g/mol. The van der Waals surface area contributed by atoms with Crippen LogP contribution in [0.15, 0.2) is 18.2 Å². The number of carbonyl (C=O) groups is 1. The third-order valence-electron chi connectivity index (χ3n) is 8.58. The average molecular weight is 414 g/mol. The maximum Gasteiger partial charge on any atom is 0.509 e. The Kier molecular flexibility index (Phi) is 5.20. The number of rotatable bonds is 4. The molecule has 1 aliphatic heterocycles. The highest BCUT2D eigenvalue weighted by atomic mass is 16.8. The van der Waals surface area contributed by atoms with E-state index < -0.39 is 11.9 Å². The van der Waals surface area contributed by atoms with E-state index >= 15 is 0 Å². The van der Waals surface area contributed by atoms with Gasteiger partial charge in [-0.05, 0) is 74.2 Å². The molecule has 0 aromatic heterocycles. The van der Waals surface area contributed by atoms with Gasteiger partial charge in [0, 0.05) is 24.3 Å². The number of ether oxygens (including phenoxy) is 2. The Morgan fingerprint density at radius 2 is 1.93 bits per heavy atom. The number of hydrogen-bond donors (Lipinski definition) is 2. The zero-order valence-electron chi connectivity index (χ0n) is 18.1. The summed E-state index contributed by atoms with van der Waals surface area (Å²) in [6, 6.07) is 7.09. The fourth-order valence-electron chi connectivity index (χ4n) is 7.19. The topological polar surface area (TPSA) is 67.8 Å². The fraction of sp³-hybridized carbons (Fsp3) is 0.720. The van der Waals surface area contributed by atoms with Crippen LogP contribution in [0.5, 0.6) is 5.75 Å². The highest BCUT2D eigenvalue weighted by Crippen LogP contribution is 2.54. The highest BCUT2D eigenvalue weighted by Gasteiger charge is 2.51. The normalized spacial score (nSPS) is 33.0. The van der Waals surface area contributed by atoms with Gasteiger partial charge in [-0.3, -0.25) is 0 Å². The van der Waals surface area contributed by atoms with Gasteiger partial charge in [0.15, 0.2) is 0 Å². The second kappa shape index (κ2) is 7.74. The third kappa shape index (κ3) is 3.39. The molecule has 0 radical (unpaired) electrons. The summed E-state index contributed by atoms with van der Waals surface area (Å²) < 4.78 is 11.8. The molecule has 3 fully saturated rings. The molecule has 1 unspecified atom stereocenters. The number of nitrogens with one attached hydrogen (secondary N) is 1. The first-order chi connectivity index (χ1) is 14.5. The Labute approximate surface area is 179 Å². The van der Waals surface area contributed by atoms with E-state index in [1.807, 2.05) is 13.0 Å². The van der Waals surface area contributed by atoms with Gasteiger partial charge >= 0.3 is 6.16 Å². The van der Waals surface area contributed by atoms with Crippen molar-refractivity contribution in [1.29, 1.82) is 0 Å². The molecule has 1 aromatic carbocycles. The molecule has 2 bridgehead atoms. The summed E-state index contributed by atoms with van der Waals surface area (Å²) in [5.41, 5.74) is 3.16. The monoisotopic (exact) mass is 413 g/mol. The molecule has 2 saturated carbocycles. The maximum absolute atomic E-state index is 11.5. The summed E-state index contributed by atoms with van der Waals surface area (Å²) in [5, 5.41) is 13.2. The van der Waals surface area contributed by atoms with E-state index in [2.05, 4.69) is 17.4 Å². The summed E-state index contributed by atoms with van der Waals surface area (Å²) >= 11 is 0. The first-order valence-electron chi connectivity index (χ1n) is 12.0. The van der Waals surface area contributed by atoms with Crippen LogP contribution in [0.4, 0.5) is 4.79 Å². The first kappa shape index (κ1) is 20.2. The molecule has 0 amide bonds. The van der Waals surface area contributed by atoms with Crippen LogP contribution in [-0.2, 0) is 16.6 Å². The van der Waals surface area contributed by atoms with Gasteiger partial charge in [-0.2, -0.15) is 0 Å². The highest BCUT2D eigenvalue weighted by molar-refractivity contribution is 5.57. The number of hydrogen-bond acceptors (Lipinski definition) is 4. The summed E-state index contributed by atoms with van der Waals surface area (Å²) in [4.78, 5) is 11.5. The minimum Gasteiger partial charge on any atom is -0.452 e. The molecule has 1 heterocycles. The van der Waals surface area contributed by atoms with Crippen LogP contribution in [0.3, 0.4) is 0 Å². The fourth-order valence-corrected chi connectivity index (χ4v) is 7.19. The molecule has 5 nitrogen and oxygen atoms in total. The van der Waals surface area contributed by atoms with Crippen LogP contribution >= 0.6 is 0 Å². The summed E-state index contributed by atoms with van der Waals surface area (Å²) in [7, 11) is 0. The third-order valence-corrected chi connectivity index (χ3v) is 8.58.